The Kier molecular flexibility index (Phi) is 5.23. The molecule has 1 aromatic rings. The second-order valence-electron chi connectivity index (χ2n) is 3.22. The maximum atomic E-state index is 12.9. The van der Waals surface area contributed by atoms with Crippen molar-refractivity contribution >= 4 is 11.8 Å². The van der Waals surface area contributed by atoms with E-state index in [2.05, 4.69) is 18.2 Å². The molecule has 0 saturated carbocycles. The Morgan fingerprint density at radius 3 is 3.07 bits per heavy atom. The van der Waals surface area contributed by atoms with E-state index in [9.17, 15) is 4.39 Å². The van der Waals surface area contributed by atoms with Gasteiger partial charge in [-0.1, -0.05) is 18.9 Å². The molecule has 15 heavy (non-hydrogen) atoms. The average Bonchev–Trinajstić information content (AvgIpc) is 2.18. The molecule has 0 aromatic heterocycles. The topological polar surface area (TPSA) is 12.0 Å². The second kappa shape index (κ2) is 6.49. The summed E-state index contributed by atoms with van der Waals surface area (Å²) < 4.78 is 12.9. The zero-order valence-electron chi connectivity index (χ0n) is 8.66. The molecule has 0 amide bonds. The van der Waals surface area contributed by atoms with E-state index in [1.165, 1.54) is 6.07 Å². The van der Waals surface area contributed by atoms with Crippen LogP contribution < -0.4 is 5.32 Å². The highest BCUT2D eigenvalue weighted by atomic mass is 32.2. The quantitative estimate of drug-likeness (QED) is 0.468. The molecular formula is C12H14FNS. The van der Waals surface area contributed by atoms with E-state index in [0.717, 1.165) is 11.4 Å². The van der Waals surface area contributed by atoms with Crippen LogP contribution in [0.15, 0.2) is 29.2 Å². The van der Waals surface area contributed by atoms with Gasteiger partial charge in [-0.05, 0) is 18.2 Å². The van der Waals surface area contributed by atoms with Crippen LogP contribution in [0.3, 0.4) is 0 Å². The fourth-order valence-corrected chi connectivity index (χ4v) is 2.17. The van der Waals surface area contributed by atoms with Crippen LogP contribution in [0.25, 0.3) is 0 Å². The molecule has 0 fully saturated rings. The molecule has 0 bridgehead atoms. The van der Waals surface area contributed by atoms with Gasteiger partial charge in [0.25, 0.3) is 0 Å². The van der Waals surface area contributed by atoms with Gasteiger partial charge in [0.05, 0.1) is 6.54 Å². The molecule has 1 unspecified atom stereocenters. The third-order valence-corrected chi connectivity index (χ3v) is 2.89. The number of rotatable bonds is 5. The van der Waals surface area contributed by atoms with Crippen LogP contribution in [0, 0.1) is 18.2 Å². The van der Waals surface area contributed by atoms with Crippen molar-refractivity contribution in [3.05, 3.63) is 30.1 Å². The predicted molar refractivity (Wildman–Crippen MR) is 63.4 cm³/mol. The molecule has 0 spiro atoms. The number of terminal acetylenes is 1. The van der Waals surface area contributed by atoms with Crippen LogP contribution in [-0.4, -0.2) is 18.3 Å². The standard InChI is InChI=1S/C12H14FNS/c1-3-7-14-9-10(2)15-12-6-4-5-11(13)8-12/h1,4-6,8,10,14H,7,9H2,2H3. The molecular weight excluding hydrogens is 209 g/mol. The van der Waals surface area contributed by atoms with Gasteiger partial charge in [-0.15, -0.1) is 18.2 Å². The molecule has 0 aliphatic heterocycles. The van der Waals surface area contributed by atoms with E-state index in [0.29, 0.717) is 11.8 Å². The summed E-state index contributed by atoms with van der Waals surface area (Å²) in [6.07, 6.45) is 5.12. The first-order chi connectivity index (χ1) is 7.22. The summed E-state index contributed by atoms with van der Waals surface area (Å²) in [6, 6.07) is 6.62. The molecule has 1 atom stereocenters. The molecule has 80 valence electrons. The van der Waals surface area contributed by atoms with Crippen LogP contribution >= 0.6 is 11.8 Å². The minimum Gasteiger partial charge on any atom is -0.305 e. The Morgan fingerprint density at radius 1 is 1.60 bits per heavy atom. The highest BCUT2D eigenvalue weighted by Gasteiger charge is 2.04. The van der Waals surface area contributed by atoms with Crippen molar-refractivity contribution in [1.29, 1.82) is 0 Å². The van der Waals surface area contributed by atoms with Crippen molar-refractivity contribution < 1.29 is 4.39 Å². The van der Waals surface area contributed by atoms with Gasteiger partial charge in [0, 0.05) is 16.7 Å². The predicted octanol–water partition coefficient (Wildman–Crippen LogP) is 2.53. The Bertz CT molecular complexity index is 346. The van der Waals surface area contributed by atoms with Crippen molar-refractivity contribution in [1.82, 2.24) is 5.32 Å². The van der Waals surface area contributed by atoms with Gasteiger partial charge in [0.1, 0.15) is 5.82 Å². The Hall–Kier alpha value is -0.980. The molecule has 0 heterocycles. The van der Waals surface area contributed by atoms with Gasteiger partial charge in [-0.2, -0.15) is 0 Å². The summed E-state index contributed by atoms with van der Waals surface area (Å²) in [7, 11) is 0. The smallest absolute Gasteiger partial charge is 0.124 e. The van der Waals surface area contributed by atoms with Crippen molar-refractivity contribution in [2.24, 2.45) is 0 Å². The first-order valence-corrected chi connectivity index (χ1v) is 5.66. The first kappa shape index (κ1) is 12.1. The van der Waals surface area contributed by atoms with Crippen LogP contribution in [0.1, 0.15) is 6.92 Å². The lowest BCUT2D eigenvalue weighted by Gasteiger charge is -2.10. The van der Waals surface area contributed by atoms with Crippen molar-refractivity contribution in [3.63, 3.8) is 0 Å². The van der Waals surface area contributed by atoms with Gasteiger partial charge >= 0.3 is 0 Å². The Labute approximate surface area is 94.5 Å². The van der Waals surface area contributed by atoms with Crippen molar-refractivity contribution in [2.45, 2.75) is 17.1 Å². The lowest BCUT2D eigenvalue weighted by atomic mass is 10.3. The van der Waals surface area contributed by atoms with Crippen LogP contribution in [0.4, 0.5) is 4.39 Å². The molecule has 0 aliphatic carbocycles. The van der Waals surface area contributed by atoms with E-state index >= 15 is 0 Å². The van der Waals surface area contributed by atoms with E-state index < -0.39 is 0 Å². The monoisotopic (exact) mass is 223 g/mol. The first-order valence-electron chi connectivity index (χ1n) is 4.79. The van der Waals surface area contributed by atoms with E-state index in [1.807, 2.05) is 6.07 Å². The molecule has 1 aromatic carbocycles. The molecule has 0 saturated heterocycles. The fourth-order valence-electron chi connectivity index (χ4n) is 1.16. The van der Waals surface area contributed by atoms with Crippen LogP contribution in [0.2, 0.25) is 0 Å². The summed E-state index contributed by atoms with van der Waals surface area (Å²) in [5, 5.41) is 3.49. The summed E-state index contributed by atoms with van der Waals surface area (Å²) >= 11 is 1.64. The zero-order chi connectivity index (χ0) is 11.1. The van der Waals surface area contributed by atoms with Crippen LogP contribution in [0.5, 0.6) is 0 Å². The summed E-state index contributed by atoms with van der Waals surface area (Å²) in [5.41, 5.74) is 0. The molecule has 1 rings (SSSR count). The van der Waals surface area contributed by atoms with Gasteiger partial charge in [-0.25, -0.2) is 4.39 Å². The minimum absolute atomic E-state index is 0.191. The fraction of sp³-hybridized carbons (Fsp3) is 0.333. The number of halogens is 1. The second-order valence-corrected chi connectivity index (χ2v) is 4.73. The minimum atomic E-state index is -0.191. The van der Waals surface area contributed by atoms with E-state index in [1.54, 1.807) is 23.9 Å². The normalized spacial score (nSPS) is 12.1. The van der Waals surface area contributed by atoms with Gasteiger partial charge < -0.3 is 5.32 Å². The summed E-state index contributed by atoms with van der Waals surface area (Å²) in [4.78, 5) is 0.949. The summed E-state index contributed by atoms with van der Waals surface area (Å²) in [6.45, 7) is 3.48. The molecule has 0 radical (unpaired) electrons. The number of benzene rings is 1. The zero-order valence-corrected chi connectivity index (χ0v) is 9.48. The maximum Gasteiger partial charge on any atom is 0.124 e. The van der Waals surface area contributed by atoms with E-state index in [4.69, 9.17) is 6.42 Å². The third kappa shape index (κ3) is 4.87. The number of hydrogen-bond acceptors (Lipinski definition) is 2. The van der Waals surface area contributed by atoms with Gasteiger partial charge in [0.15, 0.2) is 0 Å². The molecule has 0 aliphatic rings. The largest absolute Gasteiger partial charge is 0.305 e. The summed E-state index contributed by atoms with van der Waals surface area (Å²) in [5.74, 6) is 2.32. The maximum absolute atomic E-state index is 12.9. The van der Waals surface area contributed by atoms with E-state index in [-0.39, 0.29) is 5.82 Å². The van der Waals surface area contributed by atoms with Gasteiger partial charge in [-0.3, -0.25) is 0 Å². The highest BCUT2D eigenvalue weighted by molar-refractivity contribution is 8.00. The lowest BCUT2D eigenvalue weighted by molar-refractivity contribution is 0.624. The Morgan fingerprint density at radius 2 is 2.40 bits per heavy atom. The average molecular weight is 223 g/mol. The Balaban J connectivity index is 2.38. The number of nitrogens with one attached hydrogen (secondary N) is 1. The number of hydrogen-bond donors (Lipinski definition) is 1. The van der Waals surface area contributed by atoms with Gasteiger partial charge in [0.2, 0.25) is 0 Å². The molecule has 1 nitrogen and oxygen atoms in total. The number of thioether (sulfide) groups is 1. The SMILES string of the molecule is C#CCNCC(C)Sc1cccc(F)c1. The molecule has 1 N–H and O–H groups in total. The van der Waals surface area contributed by atoms with Crippen molar-refractivity contribution in [2.75, 3.05) is 13.1 Å². The lowest BCUT2D eigenvalue weighted by Crippen LogP contribution is -2.22. The van der Waals surface area contributed by atoms with Crippen molar-refractivity contribution in [3.8, 4) is 12.3 Å². The highest BCUT2D eigenvalue weighted by Crippen LogP contribution is 2.22. The molecule has 3 heteroatoms. The van der Waals surface area contributed by atoms with Crippen LogP contribution in [-0.2, 0) is 0 Å². The third-order valence-electron chi connectivity index (χ3n) is 1.79.